The largest absolute Gasteiger partial charge is 0.462 e. The summed E-state index contributed by atoms with van der Waals surface area (Å²) >= 11 is 6.05. The lowest BCUT2D eigenvalue weighted by atomic mass is 9.78. The van der Waals surface area contributed by atoms with Crippen LogP contribution in [0.3, 0.4) is 0 Å². The van der Waals surface area contributed by atoms with Crippen molar-refractivity contribution in [2.75, 3.05) is 44.6 Å². The normalized spacial score (nSPS) is 32.3. The number of hydrogen-bond donors (Lipinski definition) is 5. The first-order valence-corrected chi connectivity index (χ1v) is 35.0. The Kier molecular flexibility index (Phi) is 31.7. The molecule has 15 atom stereocenters. The van der Waals surface area contributed by atoms with Gasteiger partial charge >= 0.3 is 11.9 Å². The van der Waals surface area contributed by atoms with Crippen molar-refractivity contribution in [3.63, 3.8) is 0 Å². The predicted molar refractivity (Wildman–Crippen MR) is 366 cm³/mol. The van der Waals surface area contributed by atoms with E-state index in [0.29, 0.717) is 97.6 Å². The Balaban J connectivity index is 1.28. The third-order valence-corrected chi connectivity index (χ3v) is 21.2. The summed E-state index contributed by atoms with van der Waals surface area (Å²) in [6, 6.07) is -1.20. The number of nitrogens with one attached hydrogen (secondary N) is 2. The number of methoxy groups -OCH3 is 2. The minimum atomic E-state index is -2.52. The SMILES string of the molecule is CO[C@@H]1C[C@H](C[C@@H](C)[C@@H]2CC(=O)[C@H](C)/C=C(\C)[C@@H](O)[C@@H](OC)C(=O)[C@H](C)C[C@H](C)/C=C/C=C/C=C(\C)[C@@H](O)C[C@@H]3CC[C@@H](C)[C@@](O)(O3)C(=O)C(=O)N3CCCC[C@H]3C(=O)O2)CC[C@H]1OCCCCCCOC(=O)c1c(I)c(NC(C)=O)c(I)c(NC(C)=O)c1I. The minimum Gasteiger partial charge on any atom is -0.462 e. The fraction of sp³-hybridized carbons (Fsp3) is 0.672. The summed E-state index contributed by atoms with van der Waals surface area (Å²) in [5.74, 6) is -9.76. The van der Waals surface area contributed by atoms with Crippen LogP contribution < -0.4 is 10.6 Å². The molecule has 0 aromatic heterocycles. The molecule has 0 radical (unpaired) electrons. The number of halogens is 3. The number of piperidine rings is 1. The Bertz CT molecular complexity index is 2780. The molecule has 502 valence electrons. The molecule has 5 N–H and O–H groups in total. The maximum Gasteiger partial charge on any atom is 0.340 e. The number of rotatable bonds is 16. The zero-order valence-electron chi connectivity index (χ0n) is 54.1. The van der Waals surface area contributed by atoms with Crippen molar-refractivity contribution in [2.45, 2.75) is 220 Å². The van der Waals surface area contributed by atoms with Crippen molar-refractivity contribution in [2.24, 2.45) is 35.5 Å². The van der Waals surface area contributed by atoms with Gasteiger partial charge in [-0.3, -0.25) is 28.8 Å². The molecule has 3 heterocycles. The molecule has 1 aromatic carbocycles. The second-order valence-electron chi connectivity index (χ2n) is 25.2. The Hall–Kier alpha value is -3.55. The van der Waals surface area contributed by atoms with E-state index in [1.165, 1.54) is 21.0 Å². The molecule has 20 nitrogen and oxygen atoms in total. The van der Waals surface area contributed by atoms with E-state index in [4.69, 9.17) is 28.4 Å². The molecule has 3 aliphatic heterocycles. The van der Waals surface area contributed by atoms with Crippen molar-refractivity contribution in [3.8, 4) is 0 Å². The minimum absolute atomic E-state index is 0.0304. The van der Waals surface area contributed by atoms with E-state index >= 15 is 0 Å². The molecular weight excluding hydrogens is 1500 g/mol. The average molecular weight is 1600 g/mol. The van der Waals surface area contributed by atoms with Crippen molar-refractivity contribution >= 4 is 126 Å². The van der Waals surface area contributed by atoms with Crippen LogP contribution in [0.25, 0.3) is 0 Å². The van der Waals surface area contributed by atoms with E-state index in [-0.39, 0.29) is 85.4 Å². The van der Waals surface area contributed by atoms with Crippen molar-refractivity contribution < 1.29 is 82.1 Å². The van der Waals surface area contributed by atoms with Gasteiger partial charge in [0.1, 0.15) is 30.1 Å². The van der Waals surface area contributed by atoms with E-state index in [9.17, 15) is 53.7 Å². The summed E-state index contributed by atoms with van der Waals surface area (Å²) in [4.78, 5) is 110. The lowest BCUT2D eigenvalue weighted by Gasteiger charge is -2.42. The molecule has 90 heavy (non-hydrogen) atoms. The zero-order chi connectivity index (χ0) is 66.7. The molecule has 3 amide bonds. The number of benzene rings is 1. The first kappa shape index (κ1) is 77.2. The highest BCUT2D eigenvalue weighted by Crippen LogP contribution is 2.41. The van der Waals surface area contributed by atoms with E-state index < -0.39 is 89.6 Å². The van der Waals surface area contributed by atoms with Gasteiger partial charge in [-0.15, -0.1) is 0 Å². The Labute approximate surface area is 572 Å². The number of esters is 2. The van der Waals surface area contributed by atoms with Crippen LogP contribution in [0.4, 0.5) is 11.4 Å². The fourth-order valence-corrected chi connectivity index (χ4v) is 16.6. The first-order valence-electron chi connectivity index (χ1n) is 31.7. The number of nitrogens with zero attached hydrogens (tertiary/aromatic N) is 1. The molecule has 1 aliphatic carbocycles. The molecule has 0 spiro atoms. The number of anilines is 2. The zero-order valence-corrected chi connectivity index (χ0v) is 60.6. The first-order chi connectivity index (χ1) is 42.5. The molecule has 4 aliphatic rings. The van der Waals surface area contributed by atoms with E-state index in [1.54, 1.807) is 66.0 Å². The molecule has 0 unspecified atom stereocenters. The smallest absolute Gasteiger partial charge is 0.340 e. The van der Waals surface area contributed by atoms with Crippen LogP contribution in [-0.4, -0.2) is 156 Å². The fourth-order valence-electron chi connectivity index (χ4n) is 12.5. The molecule has 1 saturated carbocycles. The van der Waals surface area contributed by atoms with Gasteiger partial charge in [0.15, 0.2) is 5.78 Å². The summed E-state index contributed by atoms with van der Waals surface area (Å²) in [7, 11) is 3.02. The lowest BCUT2D eigenvalue weighted by Crippen LogP contribution is -2.61. The third-order valence-electron chi connectivity index (χ3n) is 17.9. The molecule has 23 heteroatoms. The molecule has 3 fully saturated rings. The second kappa shape index (κ2) is 36.9. The number of unbranched alkanes of at least 4 members (excludes halogenated alkanes) is 3. The summed E-state index contributed by atoms with van der Waals surface area (Å²) in [5, 5.41) is 40.4. The Morgan fingerprint density at radius 1 is 0.778 bits per heavy atom. The number of ether oxygens (including phenoxy) is 6. The van der Waals surface area contributed by atoms with E-state index in [0.717, 1.165) is 30.6 Å². The van der Waals surface area contributed by atoms with Crippen LogP contribution in [0.5, 0.6) is 0 Å². The number of ketones is 3. The summed E-state index contributed by atoms with van der Waals surface area (Å²) in [5.41, 5.74) is 2.07. The molecule has 2 saturated heterocycles. The lowest BCUT2D eigenvalue weighted by molar-refractivity contribution is -0.265. The van der Waals surface area contributed by atoms with Crippen LogP contribution >= 0.6 is 67.8 Å². The third kappa shape index (κ3) is 21.5. The van der Waals surface area contributed by atoms with Gasteiger partial charge in [-0.05, 0) is 194 Å². The molecule has 1 aromatic rings. The maximum atomic E-state index is 14.7. The number of aliphatic hydroxyl groups is 3. The number of Topliss-reactive ketones (excluding diaryl/α,β-unsaturated/α-hetero) is 3. The highest BCUT2D eigenvalue weighted by atomic mass is 127. The number of hydrogen-bond acceptors (Lipinski definition) is 17. The van der Waals surface area contributed by atoms with Gasteiger partial charge in [0, 0.05) is 71.8 Å². The number of cyclic esters (lactones) is 1. The predicted octanol–water partition coefficient (Wildman–Crippen LogP) is 10.7. The summed E-state index contributed by atoms with van der Waals surface area (Å²) in [6.45, 7) is 15.8. The highest BCUT2D eigenvalue weighted by molar-refractivity contribution is 14.1. The number of aliphatic hydroxyl groups excluding tert-OH is 2. The second-order valence-corrected chi connectivity index (χ2v) is 28.4. The van der Waals surface area contributed by atoms with Crippen LogP contribution in [0.2, 0.25) is 0 Å². The van der Waals surface area contributed by atoms with E-state index in [1.807, 2.05) is 93.8 Å². The van der Waals surface area contributed by atoms with Gasteiger partial charge in [-0.25, -0.2) is 9.59 Å². The number of allylic oxidation sites excluding steroid dienone is 6. The number of carbonyl (C=O) groups is 8. The van der Waals surface area contributed by atoms with Crippen LogP contribution in [0.1, 0.15) is 175 Å². The van der Waals surface area contributed by atoms with Gasteiger partial charge in [-0.1, -0.05) is 77.5 Å². The number of carbonyl (C=O) groups excluding carboxylic acids is 8. The van der Waals surface area contributed by atoms with Crippen molar-refractivity contribution in [1.82, 2.24) is 4.90 Å². The molecule has 2 bridgehead atoms. The quantitative estimate of drug-likeness (QED) is 0.0338. The Morgan fingerprint density at radius 2 is 1.43 bits per heavy atom. The van der Waals surface area contributed by atoms with Gasteiger partial charge in [0.2, 0.25) is 17.6 Å². The highest BCUT2D eigenvalue weighted by Gasteiger charge is 2.53. The standard InChI is InChI=1S/C67H96I3N3O17/c1-37-21-15-14-16-22-38(2)49(76)35-47-26-24-43(7)67(84,90-47)63(80)64(81)73-28-18-17-23-48(73)65(82)89-52(36-50(77)39(3)32-42(6)61(79)62(86-11)60(78)41(5)31-37)40(4)33-46-25-27-51(53(34-46)85-10)87-29-19-12-13-20-30-88-66(83)54-55(68)58(71-44(8)74)57(70)59(56(54)69)72-45(9)75/h14-16,21-22,32,37,39-41,43,46-49,51-53,61-62,76,79,84H,12-13,17-20,23-31,33-36H2,1-11H3,(H,71,74)(H,72,75)/b16-14+,21-15+,38-22+,42-32+/t37-,39-,40-,41-,43-,46+,47+,48+,49+,51-,52+,53-,61-,62+,67-/m1/s1. The number of fused-ring (bicyclic) bond motifs is 3. The van der Waals surface area contributed by atoms with Crippen molar-refractivity contribution in [1.29, 1.82) is 0 Å². The maximum absolute atomic E-state index is 14.7. The van der Waals surface area contributed by atoms with Crippen LogP contribution in [0.15, 0.2) is 47.6 Å². The molecular formula is C67H96I3N3O17. The monoisotopic (exact) mass is 1600 g/mol. The number of amides is 3. The van der Waals surface area contributed by atoms with E-state index in [2.05, 4.69) is 10.6 Å². The summed E-state index contributed by atoms with van der Waals surface area (Å²) < 4.78 is 37.8. The van der Waals surface area contributed by atoms with Gasteiger partial charge in [-0.2, -0.15) is 0 Å². The van der Waals surface area contributed by atoms with Crippen LogP contribution in [0, 0.1) is 46.2 Å². The van der Waals surface area contributed by atoms with Gasteiger partial charge in [0.05, 0.1) is 58.7 Å². The topological polar surface area (TPSA) is 280 Å². The average Bonchev–Trinajstić information content (AvgIpc) is 0.795. The van der Waals surface area contributed by atoms with Gasteiger partial charge < -0.3 is 59.3 Å². The summed E-state index contributed by atoms with van der Waals surface area (Å²) in [6.07, 6.45) is 12.9. The molecule has 5 rings (SSSR count). The van der Waals surface area contributed by atoms with Crippen LogP contribution in [-0.2, 0) is 62.0 Å². The Morgan fingerprint density at radius 3 is 2.07 bits per heavy atom. The van der Waals surface area contributed by atoms with Crippen molar-refractivity contribution in [3.05, 3.63) is 63.9 Å². The van der Waals surface area contributed by atoms with Gasteiger partial charge in [0.25, 0.3) is 11.7 Å².